The van der Waals surface area contributed by atoms with Gasteiger partial charge in [-0.25, -0.2) is 0 Å². The van der Waals surface area contributed by atoms with E-state index in [-0.39, 0.29) is 18.4 Å². The van der Waals surface area contributed by atoms with Crippen molar-refractivity contribution in [2.45, 2.75) is 6.42 Å². The fraction of sp³-hybridized carbons (Fsp3) is 0.417. The average molecular weight is 274 g/mol. The summed E-state index contributed by atoms with van der Waals surface area (Å²) in [7, 11) is 0. The van der Waals surface area contributed by atoms with Crippen LogP contribution in [0.3, 0.4) is 0 Å². The number of halogens is 2. The molecule has 0 aliphatic carbocycles. The Morgan fingerprint density at radius 3 is 2.76 bits per heavy atom. The average Bonchev–Trinajstić information content (AvgIpc) is 2.80. The van der Waals surface area contributed by atoms with E-state index in [4.69, 9.17) is 28.3 Å². The quantitative estimate of drug-likeness (QED) is 0.899. The van der Waals surface area contributed by atoms with Gasteiger partial charge in [-0.1, -0.05) is 23.2 Å². The number of hydrogen-bond donors (Lipinski definition) is 1. The van der Waals surface area contributed by atoms with E-state index in [0.29, 0.717) is 28.7 Å². The number of aliphatic hydroxyl groups excluding tert-OH is 1. The highest BCUT2D eigenvalue weighted by molar-refractivity contribution is 6.42. The van der Waals surface area contributed by atoms with Crippen LogP contribution >= 0.6 is 23.2 Å². The number of likely N-dealkylation sites (tertiary alicyclic amines) is 1. The van der Waals surface area contributed by atoms with Gasteiger partial charge in [0.2, 0.25) is 0 Å². The molecule has 1 aromatic carbocycles. The Morgan fingerprint density at radius 2 is 2.18 bits per heavy atom. The van der Waals surface area contributed by atoms with Crippen molar-refractivity contribution in [1.82, 2.24) is 4.90 Å². The largest absolute Gasteiger partial charge is 0.396 e. The van der Waals surface area contributed by atoms with Crippen LogP contribution in [0.1, 0.15) is 16.8 Å². The number of hydrogen-bond acceptors (Lipinski definition) is 2. The summed E-state index contributed by atoms with van der Waals surface area (Å²) in [6.45, 7) is 1.42. The maximum absolute atomic E-state index is 12.1. The molecule has 1 saturated heterocycles. The van der Waals surface area contributed by atoms with Gasteiger partial charge in [0, 0.05) is 31.2 Å². The molecule has 1 amide bonds. The van der Waals surface area contributed by atoms with E-state index in [1.165, 1.54) is 0 Å². The fourth-order valence-corrected chi connectivity index (χ4v) is 2.28. The number of amides is 1. The van der Waals surface area contributed by atoms with Crippen LogP contribution in [0.5, 0.6) is 0 Å². The van der Waals surface area contributed by atoms with E-state index in [1.54, 1.807) is 23.1 Å². The molecule has 1 aliphatic rings. The van der Waals surface area contributed by atoms with Crippen LogP contribution in [0.4, 0.5) is 0 Å². The van der Waals surface area contributed by atoms with Crippen molar-refractivity contribution in [3.63, 3.8) is 0 Å². The highest BCUT2D eigenvalue weighted by atomic mass is 35.5. The van der Waals surface area contributed by atoms with Crippen molar-refractivity contribution < 1.29 is 9.90 Å². The number of carbonyl (C=O) groups excluding carboxylic acids is 1. The Bertz CT molecular complexity index is 437. The molecule has 0 radical (unpaired) electrons. The zero-order valence-electron chi connectivity index (χ0n) is 9.20. The van der Waals surface area contributed by atoms with Crippen molar-refractivity contribution in [2.24, 2.45) is 5.92 Å². The van der Waals surface area contributed by atoms with Crippen LogP contribution in [-0.4, -0.2) is 35.6 Å². The molecular formula is C12H13Cl2NO2. The molecule has 1 heterocycles. The second kappa shape index (κ2) is 5.25. The van der Waals surface area contributed by atoms with E-state index in [1.807, 2.05) is 0 Å². The number of benzene rings is 1. The number of carbonyl (C=O) groups is 1. The first kappa shape index (κ1) is 12.7. The molecule has 1 aromatic rings. The summed E-state index contributed by atoms with van der Waals surface area (Å²) in [5, 5.41) is 9.87. The summed E-state index contributed by atoms with van der Waals surface area (Å²) in [5.41, 5.74) is 0.540. The molecule has 1 unspecified atom stereocenters. The van der Waals surface area contributed by atoms with Crippen molar-refractivity contribution in [3.8, 4) is 0 Å². The summed E-state index contributed by atoms with van der Waals surface area (Å²) in [4.78, 5) is 13.9. The third-order valence-electron chi connectivity index (χ3n) is 3.00. The molecule has 2 rings (SSSR count). The summed E-state index contributed by atoms with van der Waals surface area (Å²) in [6, 6.07) is 4.87. The Kier molecular flexibility index (Phi) is 3.92. The molecule has 0 saturated carbocycles. The first-order valence-electron chi connectivity index (χ1n) is 5.47. The van der Waals surface area contributed by atoms with E-state index >= 15 is 0 Å². The van der Waals surface area contributed by atoms with Crippen molar-refractivity contribution in [1.29, 1.82) is 0 Å². The first-order chi connectivity index (χ1) is 8.11. The van der Waals surface area contributed by atoms with E-state index < -0.39 is 0 Å². The van der Waals surface area contributed by atoms with Crippen LogP contribution in [-0.2, 0) is 0 Å². The highest BCUT2D eigenvalue weighted by Gasteiger charge is 2.26. The van der Waals surface area contributed by atoms with Gasteiger partial charge >= 0.3 is 0 Å². The lowest BCUT2D eigenvalue weighted by atomic mass is 10.1. The molecule has 0 spiro atoms. The van der Waals surface area contributed by atoms with Gasteiger partial charge in [-0.3, -0.25) is 4.79 Å². The van der Waals surface area contributed by atoms with Crippen LogP contribution in [0, 0.1) is 5.92 Å². The van der Waals surface area contributed by atoms with Gasteiger partial charge in [0.25, 0.3) is 5.91 Å². The van der Waals surface area contributed by atoms with Crippen LogP contribution in [0.15, 0.2) is 18.2 Å². The Labute approximate surface area is 110 Å². The second-order valence-corrected chi connectivity index (χ2v) is 5.03. The summed E-state index contributed by atoms with van der Waals surface area (Å²) < 4.78 is 0. The van der Waals surface area contributed by atoms with Crippen molar-refractivity contribution in [3.05, 3.63) is 33.8 Å². The number of nitrogens with zero attached hydrogens (tertiary/aromatic N) is 1. The van der Waals surface area contributed by atoms with Gasteiger partial charge in [0.1, 0.15) is 0 Å². The lowest BCUT2D eigenvalue weighted by Gasteiger charge is -2.16. The Balaban J connectivity index is 2.12. The van der Waals surface area contributed by atoms with Crippen LogP contribution < -0.4 is 0 Å². The van der Waals surface area contributed by atoms with Gasteiger partial charge in [-0.2, -0.15) is 0 Å². The van der Waals surface area contributed by atoms with Gasteiger partial charge in [-0.15, -0.1) is 0 Å². The van der Waals surface area contributed by atoms with Crippen molar-refractivity contribution in [2.75, 3.05) is 19.7 Å². The van der Waals surface area contributed by atoms with Gasteiger partial charge < -0.3 is 10.0 Å². The minimum Gasteiger partial charge on any atom is -0.396 e. The third kappa shape index (κ3) is 2.73. The second-order valence-electron chi connectivity index (χ2n) is 4.22. The third-order valence-corrected chi connectivity index (χ3v) is 3.74. The predicted molar refractivity (Wildman–Crippen MR) is 67.6 cm³/mol. The Morgan fingerprint density at radius 1 is 1.41 bits per heavy atom. The predicted octanol–water partition coefficient (Wildman–Crippen LogP) is 2.45. The summed E-state index contributed by atoms with van der Waals surface area (Å²) >= 11 is 11.7. The molecule has 1 atom stereocenters. The molecule has 0 aromatic heterocycles. The molecular weight excluding hydrogens is 261 g/mol. The molecule has 3 nitrogen and oxygen atoms in total. The Hall–Kier alpha value is -0.770. The lowest BCUT2D eigenvalue weighted by molar-refractivity contribution is 0.0782. The molecule has 1 aliphatic heterocycles. The normalized spacial score (nSPS) is 19.7. The molecule has 1 N–H and O–H groups in total. The van der Waals surface area contributed by atoms with Gasteiger partial charge in [0.15, 0.2) is 0 Å². The molecule has 5 heteroatoms. The molecule has 0 bridgehead atoms. The van der Waals surface area contributed by atoms with Crippen LogP contribution in [0.25, 0.3) is 0 Å². The summed E-state index contributed by atoms with van der Waals surface area (Å²) in [5.74, 6) is 0.140. The van der Waals surface area contributed by atoms with Gasteiger partial charge in [0.05, 0.1) is 10.0 Å². The molecule has 17 heavy (non-hydrogen) atoms. The maximum atomic E-state index is 12.1. The molecule has 1 fully saturated rings. The number of aliphatic hydroxyl groups is 1. The first-order valence-corrected chi connectivity index (χ1v) is 6.22. The minimum absolute atomic E-state index is 0.0560. The standard InChI is InChI=1S/C12H13Cl2NO2/c13-10-2-1-9(5-11(10)14)12(17)15-4-3-8(6-15)7-16/h1-2,5,8,16H,3-4,6-7H2. The van der Waals surface area contributed by atoms with Gasteiger partial charge in [-0.05, 0) is 24.6 Å². The lowest BCUT2D eigenvalue weighted by Crippen LogP contribution is -2.29. The SMILES string of the molecule is O=C(c1ccc(Cl)c(Cl)c1)N1CCC(CO)C1. The topological polar surface area (TPSA) is 40.5 Å². The number of rotatable bonds is 2. The molecule has 92 valence electrons. The zero-order chi connectivity index (χ0) is 12.4. The monoisotopic (exact) mass is 273 g/mol. The minimum atomic E-state index is -0.0560. The maximum Gasteiger partial charge on any atom is 0.253 e. The smallest absolute Gasteiger partial charge is 0.253 e. The summed E-state index contributed by atoms with van der Waals surface area (Å²) in [6.07, 6.45) is 0.851. The van der Waals surface area contributed by atoms with Crippen LogP contribution in [0.2, 0.25) is 10.0 Å². The van der Waals surface area contributed by atoms with E-state index in [9.17, 15) is 4.79 Å². The van der Waals surface area contributed by atoms with E-state index in [2.05, 4.69) is 0 Å². The highest BCUT2D eigenvalue weighted by Crippen LogP contribution is 2.24. The van der Waals surface area contributed by atoms with E-state index in [0.717, 1.165) is 6.42 Å². The zero-order valence-corrected chi connectivity index (χ0v) is 10.7. The fourth-order valence-electron chi connectivity index (χ4n) is 1.98. The van der Waals surface area contributed by atoms with Crippen molar-refractivity contribution >= 4 is 29.1 Å².